The summed E-state index contributed by atoms with van der Waals surface area (Å²) in [5.41, 5.74) is 11.6. The van der Waals surface area contributed by atoms with Crippen molar-refractivity contribution < 1.29 is 39.0 Å². The van der Waals surface area contributed by atoms with Crippen molar-refractivity contribution >= 4 is 35.6 Å². The van der Waals surface area contributed by atoms with Gasteiger partial charge in [-0.05, 0) is 24.3 Å². The van der Waals surface area contributed by atoms with E-state index < -0.39 is 72.1 Å². The Morgan fingerprint density at radius 3 is 1.89 bits per heavy atom. The molecule has 13 nitrogen and oxygen atoms in total. The van der Waals surface area contributed by atoms with Gasteiger partial charge in [-0.2, -0.15) is 0 Å². The van der Waals surface area contributed by atoms with Crippen LogP contribution >= 0.6 is 0 Å². The number of benzene rings is 1. The number of aliphatic carboxylic acids is 2. The van der Waals surface area contributed by atoms with Crippen LogP contribution in [0.5, 0.6) is 0 Å². The van der Waals surface area contributed by atoms with Gasteiger partial charge in [0, 0.05) is 19.3 Å². The Kier molecular flexibility index (Phi) is 12.7. The molecule has 204 valence electrons. The van der Waals surface area contributed by atoms with Gasteiger partial charge < -0.3 is 37.6 Å². The monoisotopic (exact) mass is 521 g/mol. The van der Waals surface area contributed by atoms with Gasteiger partial charge in [-0.15, -0.1) is 0 Å². The van der Waals surface area contributed by atoms with E-state index in [1.807, 2.05) is 0 Å². The molecule has 4 amide bonds. The molecule has 0 aliphatic heterocycles. The molecule has 1 aromatic carbocycles. The van der Waals surface area contributed by atoms with E-state index in [1.165, 1.54) is 0 Å². The summed E-state index contributed by atoms with van der Waals surface area (Å²) in [6, 6.07) is 3.65. The molecular formula is C24H35N5O8. The molecule has 0 aliphatic rings. The molecule has 9 N–H and O–H groups in total. The van der Waals surface area contributed by atoms with Crippen molar-refractivity contribution in [2.75, 3.05) is 0 Å². The summed E-state index contributed by atoms with van der Waals surface area (Å²) < 4.78 is 0. The first-order valence-corrected chi connectivity index (χ1v) is 11.7. The zero-order chi connectivity index (χ0) is 28.1. The van der Waals surface area contributed by atoms with Crippen LogP contribution in [-0.2, 0) is 35.2 Å². The van der Waals surface area contributed by atoms with Gasteiger partial charge in [0.05, 0.1) is 6.04 Å². The van der Waals surface area contributed by atoms with E-state index in [0.29, 0.717) is 5.56 Å². The third-order valence-corrected chi connectivity index (χ3v) is 5.46. The standard InChI is InChI=1S/C24H35N5O8/c1-13(2)20(24(36)37)29-22(34)16(9-11-19(31)32)27-23(35)17(12-14-6-4-3-5-7-14)28-21(33)15(25)8-10-18(26)30/h3-7,13,15-17,20H,8-12,25H2,1-2H3,(H2,26,30)(H,27,35)(H,28,33)(H,29,34)(H,31,32)(H,36,37). The smallest absolute Gasteiger partial charge is 0.326 e. The summed E-state index contributed by atoms with van der Waals surface area (Å²) in [6.45, 7) is 3.16. The maximum atomic E-state index is 13.2. The Bertz CT molecular complexity index is 969. The number of primary amides is 1. The third kappa shape index (κ3) is 11.5. The van der Waals surface area contributed by atoms with Crippen LogP contribution in [0.2, 0.25) is 0 Å². The zero-order valence-corrected chi connectivity index (χ0v) is 20.8. The van der Waals surface area contributed by atoms with Gasteiger partial charge >= 0.3 is 11.9 Å². The topological polar surface area (TPSA) is 231 Å². The molecule has 4 atom stereocenters. The van der Waals surface area contributed by atoms with Gasteiger partial charge in [0.25, 0.3) is 0 Å². The van der Waals surface area contributed by atoms with E-state index in [1.54, 1.807) is 44.2 Å². The highest BCUT2D eigenvalue weighted by Crippen LogP contribution is 2.08. The van der Waals surface area contributed by atoms with Gasteiger partial charge in [0.1, 0.15) is 18.1 Å². The first kappa shape index (κ1) is 31.0. The quantitative estimate of drug-likeness (QED) is 0.139. The molecule has 1 aromatic rings. The number of hydrogen-bond acceptors (Lipinski definition) is 7. The van der Waals surface area contributed by atoms with Gasteiger partial charge in [0.15, 0.2) is 0 Å². The maximum absolute atomic E-state index is 13.2. The lowest BCUT2D eigenvalue weighted by molar-refractivity contribution is -0.144. The van der Waals surface area contributed by atoms with Crippen LogP contribution in [0.1, 0.15) is 45.1 Å². The van der Waals surface area contributed by atoms with Crippen molar-refractivity contribution in [2.24, 2.45) is 17.4 Å². The van der Waals surface area contributed by atoms with Crippen molar-refractivity contribution in [3.63, 3.8) is 0 Å². The molecule has 0 aliphatic carbocycles. The van der Waals surface area contributed by atoms with Gasteiger partial charge in [-0.3, -0.25) is 24.0 Å². The third-order valence-electron chi connectivity index (χ3n) is 5.46. The van der Waals surface area contributed by atoms with E-state index in [2.05, 4.69) is 16.0 Å². The van der Waals surface area contributed by atoms with Crippen molar-refractivity contribution in [2.45, 2.75) is 70.1 Å². The highest BCUT2D eigenvalue weighted by molar-refractivity contribution is 5.94. The van der Waals surface area contributed by atoms with E-state index in [9.17, 15) is 33.9 Å². The van der Waals surface area contributed by atoms with Crippen LogP contribution in [0, 0.1) is 5.92 Å². The van der Waals surface area contributed by atoms with Crippen LogP contribution in [0.15, 0.2) is 30.3 Å². The molecule has 0 radical (unpaired) electrons. The Morgan fingerprint density at radius 2 is 1.38 bits per heavy atom. The molecule has 0 bridgehead atoms. The van der Waals surface area contributed by atoms with E-state index in [-0.39, 0.29) is 25.7 Å². The Hall–Kier alpha value is -4.00. The molecule has 1 rings (SSSR count). The fourth-order valence-corrected chi connectivity index (χ4v) is 3.34. The lowest BCUT2D eigenvalue weighted by Gasteiger charge is -2.26. The maximum Gasteiger partial charge on any atom is 0.326 e. The molecule has 0 spiro atoms. The van der Waals surface area contributed by atoms with Crippen molar-refractivity contribution in [3.8, 4) is 0 Å². The summed E-state index contributed by atoms with van der Waals surface area (Å²) in [4.78, 5) is 72.3. The summed E-state index contributed by atoms with van der Waals surface area (Å²) in [6.07, 6.45) is -0.969. The van der Waals surface area contributed by atoms with Crippen molar-refractivity contribution in [1.82, 2.24) is 16.0 Å². The Morgan fingerprint density at radius 1 is 0.811 bits per heavy atom. The highest BCUT2D eigenvalue weighted by Gasteiger charge is 2.31. The number of nitrogens with one attached hydrogen (secondary N) is 3. The molecule has 13 heteroatoms. The fourth-order valence-electron chi connectivity index (χ4n) is 3.34. The molecule has 4 unspecified atom stereocenters. The van der Waals surface area contributed by atoms with Crippen LogP contribution in [0.3, 0.4) is 0 Å². The van der Waals surface area contributed by atoms with Crippen LogP contribution < -0.4 is 27.4 Å². The predicted octanol–water partition coefficient (Wildman–Crippen LogP) is -1.12. The second kappa shape index (κ2) is 15.2. The normalized spacial score (nSPS) is 14.1. The van der Waals surface area contributed by atoms with Crippen LogP contribution in [0.25, 0.3) is 0 Å². The molecular weight excluding hydrogens is 486 g/mol. The second-order valence-corrected chi connectivity index (χ2v) is 8.92. The van der Waals surface area contributed by atoms with Crippen molar-refractivity contribution in [1.29, 1.82) is 0 Å². The minimum absolute atomic E-state index is 0.0119. The summed E-state index contributed by atoms with van der Waals surface area (Å²) >= 11 is 0. The summed E-state index contributed by atoms with van der Waals surface area (Å²) in [5, 5.41) is 25.7. The van der Waals surface area contributed by atoms with Crippen molar-refractivity contribution in [3.05, 3.63) is 35.9 Å². The van der Waals surface area contributed by atoms with Crippen LogP contribution in [-0.4, -0.2) is 69.9 Å². The molecule has 0 saturated carbocycles. The zero-order valence-electron chi connectivity index (χ0n) is 20.8. The largest absolute Gasteiger partial charge is 0.481 e. The van der Waals surface area contributed by atoms with Gasteiger partial charge in [-0.25, -0.2) is 4.79 Å². The Labute approximate surface area is 214 Å². The number of carbonyl (C=O) groups is 6. The molecule has 0 fully saturated rings. The molecule has 0 heterocycles. The lowest BCUT2D eigenvalue weighted by Crippen LogP contribution is -2.58. The number of rotatable bonds is 16. The molecule has 37 heavy (non-hydrogen) atoms. The number of hydrogen-bond donors (Lipinski definition) is 7. The average molecular weight is 522 g/mol. The minimum Gasteiger partial charge on any atom is -0.481 e. The average Bonchev–Trinajstić information content (AvgIpc) is 2.82. The van der Waals surface area contributed by atoms with Crippen LogP contribution in [0.4, 0.5) is 0 Å². The van der Waals surface area contributed by atoms with E-state index in [4.69, 9.17) is 16.6 Å². The minimum atomic E-state index is -1.39. The number of amides is 4. The number of carbonyl (C=O) groups excluding carboxylic acids is 4. The number of carboxylic acid groups (broad SMARTS) is 2. The second-order valence-electron chi connectivity index (χ2n) is 8.92. The number of carboxylic acids is 2. The van der Waals surface area contributed by atoms with Gasteiger partial charge in [-0.1, -0.05) is 44.2 Å². The summed E-state index contributed by atoms with van der Waals surface area (Å²) in [7, 11) is 0. The number of nitrogens with two attached hydrogens (primary N) is 2. The molecule has 0 aromatic heterocycles. The first-order chi connectivity index (χ1) is 17.3. The first-order valence-electron chi connectivity index (χ1n) is 11.7. The SMILES string of the molecule is CC(C)C(NC(=O)C(CCC(=O)O)NC(=O)C(Cc1ccccc1)NC(=O)C(N)CCC(N)=O)C(=O)O. The highest BCUT2D eigenvalue weighted by atomic mass is 16.4. The van der Waals surface area contributed by atoms with E-state index >= 15 is 0 Å². The van der Waals surface area contributed by atoms with Gasteiger partial charge in [0.2, 0.25) is 23.6 Å². The predicted molar refractivity (Wildman–Crippen MR) is 132 cm³/mol. The fraction of sp³-hybridized carbons (Fsp3) is 0.500. The molecule has 0 saturated heterocycles. The lowest BCUT2D eigenvalue weighted by atomic mass is 10.0. The van der Waals surface area contributed by atoms with E-state index in [0.717, 1.165) is 0 Å². The summed E-state index contributed by atoms with van der Waals surface area (Å²) in [5.74, 6) is -6.04. The Balaban J connectivity index is 3.12.